The van der Waals surface area contributed by atoms with Crippen LogP contribution in [0.3, 0.4) is 0 Å². The lowest BCUT2D eigenvalue weighted by atomic mass is 10.2. The van der Waals surface area contributed by atoms with Gasteiger partial charge in [-0.15, -0.1) is 11.6 Å². The minimum absolute atomic E-state index is 0.549. The summed E-state index contributed by atoms with van der Waals surface area (Å²) in [6.45, 7) is 3.05. The summed E-state index contributed by atoms with van der Waals surface area (Å²) in [5.74, 6) is 1.49. The Labute approximate surface area is 104 Å². The van der Waals surface area contributed by atoms with Crippen molar-refractivity contribution >= 4 is 11.6 Å². The van der Waals surface area contributed by atoms with Crippen LogP contribution in [0, 0.1) is 0 Å². The maximum Gasteiger partial charge on any atom is 0.119 e. The number of hydrogen-bond donors (Lipinski definition) is 0. The predicted octanol–water partition coefficient (Wildman–Crippen LogP) is 4.77. The topological polar surface area (TPSA) is 9.23 Å². The molecule has 0 saturated heterocycles. The molecule has 1 rings (SSSR count). The summed E-state index contributed by atoms with van der Waals surface area (Å²) in [5, 5.41) is 0. The van der Waals surface area contributed by atoms with Gasteiger partial charge in [-0.05, 0) is 24.1 Å². The number of alkyl halides is 1. The first-order chi connectivity index (χ1) is 7.86. The highest BCUT2D eigenvalue weighted by atomic mass is 35.5. The van der Waals surface area contributed by atoms with Crippen molar-refractivity contribution in [2.75, 3.05) is 6.61 Å². The molecule has 1 aromatic carbocycles. The standard InChI is InChI=1S/C14H21ClO/c1-2-3-4-5-6-10-16-14-9-7-8-13(11-14)12-15/h7-9,11H,2-6,10,12H2,1H3. The Kier molecular flexibility index (Phi) is 7.07. The van der Waals surface area contributed by atoms with Crippen LogP contribution in [0.1, 0.15) is 44.6 Å². The van der Waals surface area contributed by atoms with Crippen LogP contribution >= 0.6 is 11.6 Å². The Morgan fingerprint density at radius 1 is 1.12 bits per heavy atom. The van der Waals surface area contributed by atoms with Gasteiger partial charge >= 0.3 is 0 Å². The van der Waals surface area contributed by atoms with Crippen molar-refractivity contribution in [3.8, 4) is 5.75 Å². The molecule has 90 valence electrons. The molecule has 0 spiro atoms. The Morgan fingerprint density at radius 3 is 2.69 bits per heavy atom. The van der Waals surface area contributed by atoms with E-state index in [1.807, 2.05) is 24.3 Å². The highest BCUT2D eigenvalue weighted by Crippen LogP contribution is 2.15. The van der Waals surface area contributed by atoms with Crippen molar-refractivity contribution in [2.24, 2.45) is 0 Å². The van der Waals surface area contributed by atoms with Crippen LogP contribution in [-0.4, -0.2) is 6.61 Å². The molecule has 0 fully saturated rings. The zero-order valence-electron chi connectivity index (χ0n) is 10.0. The number of halogens is 1. The predicted molar refractivity (Wildman–Crippen MR) is 70.3 cm³/mol. The van der Waals surface area contributed by atoms with Gasteiger partial charge in [-0.25, -0.2) is 0 Å². The van der Waals surface area contributed by atoms with Crippen LogP contribution < -0.4 is 4.74 Å². The van der Waals surface area contributed by atoms with Crippen molar-refractivity contribution in [3.05, 3.63) is 29.8 Å². The number of unbranched alkanes of at least 4 members (excludes halogenated alkanes) is 4. The van der Waals surface area contributed by atoms with Gasteiger partial charge in [0.15, 0.2) is 0 Å². The van der Waals surface area contributed by atoms with E-state index in [9.17, 15) is 0 Å². The molecule has 0 atom stereocenters. The largest absolute Gasteiger partial charge is 0.494 e. The van der Waals surface area contributed by atoms with Crippen LogP contribution in [0.15, 0.2) is 24.3 Å². The summed E-state index contributed by atoms with van der Waals surface area (Å²) >= 11 is 5.76. The van der Waals surface area contributed by atoms with Gasteiger partial charge in [0.05, 0.1) is 6.61 Å². The smallest absolute Gasteiger partial charge is 0.119 e. The van der Waals surface area contributed by atoms with Gasteiger partial charge in [-0.2, -0.15) is 0 Å². The fraction of sp³-hybridized carbons (Fsp3) is 0.571. The molecule has 0 heterocycles. The molecule has 0 unspecified atom stereocenters. The van der Waals surface area contributed by atoms with Gasteiger partial charge in [0.2, 0.25) is 0 Å². The van der Waals surface area contributed by atoms with Crippen LogP contribution in [0.25, 0.3) is 0 Å². The van der Waals surface area contributed by atoms with Crippen molar-refractivity contribution in [3.63, 3.8) is 0 Å². The molecule has 1 aromatic rings. The van der Waals surface area contributed by atoms with Gasteiger partial charge in [-0.1, -0.05) is 44.7 Å². The van der Waals surface area contributed by atoms with Gasteiger partial charge in [0.25, 0.3) is 0 Å². The van der Waals surface area contributed by atoms with Crippen molar-refractivity contribution in [1.82, 2.24) is 0 Å². The number of rotatable bonds is 8. The van der Waals surface area contributed by atoms with Crippen molar-refractivity contribution in [2.45, 2.75) is 44.9 Å². The average molecular weight is 241 g/mol. The van der Waals surface area contributed by atoms with Crippen molar-refractivity contribution < 1.29 is 4.74 Å². The molecule has 0 aliphatic heterocycles. The fourth-order valence-electron chi connectivity index (χ4n) is 1.61. The lowest BCUT2D eigenvalue weighted by molar-refractivity contribution is 0.304. The average Bonchev–Trinajstić information content (AvgIpc) is 2.34. The van der Waals surface area contributed by atoms with E-state index in [0.717, 1.165) is 24.3 Å². The molecule has 16 heavy (non-hydrogen) atoms. The highest BCUT2D eigenvalue weighted by Gasteiger charge is 1.96. The molecule has 0 aliphatic rings. The Balaban J connectivity index is 2.16. The molecular weight excluding hydrogens is 220 g/mol. The zero-order valence-corrected chi connectivity index (χ0v) is 10.8. The van der Waals surface area contributed by atoms with Gasteiger partial charge < -0.3 is 4.74 Å². The maximum atomic E-state index is 5.76. The van der Waals surface area contributed by atoms with Crippen LogP contribution in [0.4, 0.5) is 0 Å². The first kappa shape index (κ1) is 13.4. The van der Waals surface area contributed by atoms with E-state index in [2.05, 4.69) is 6.92 Å². The lowest BCUT2D eigenvalue weighted by Gasteiger charge is -2.06. The third kappa shape index (κ3) is 5.41. The number of benzene rings is 1. The lowest BCUT2D eigenvalue weighted by Crippen LogP contribution is -1.97. The normalized spacial score (nSPS) is 10.4. The molecule has 2 heteroatoms. The second-order valence-corrected chi connectivity index (χ2v) is 4.31. The summed E-state index contributed by atoms with van der Waals surface area (Å²) in [5.41, 5.74) is 1.12. The van der Waals surface area contributed by atoms with E-state index in [0.29, 0.717) is 5.88 Å². The fourth-order valence-corrected chi connectivity index (χ4v) is 1.78. The molecule has 0 amide bonds. The van der Waals surface area contributed by atoms with Crippen LogP contribution in [-0.2, 0) is 5.88 Å². The van der Waals surface area contributed by atoms with Crippen LogP contribution in [0.5, 0.6) is 5.75 Å². The number of ether oxygens (including phenoxy) is 1. The second kappa shape index (κ2) is 8.46. The van der Waals surface area contributed by atoms with E-state index in [-0.39, 0.29) is 0 Å². The highest BCUT2D eigenvalue weighted by molar-refractivity contribution is 6.17. The summed E-state index contributed by atoms with van der Waals surface area (Å²) in [6, 6.07) is 8.01. The number of hydrogen-bond acceptors (Lipinski definition) is 1. The van der Waals surface area contributed by atoms with E-state index in [1.54, 1.807) is 0 Å². The molecule has 0 N–H and O–H groups in total. The summed E-state index contributed by atoms with van der Waals surface area (Å²) in [7, 11) is 0. The van der Waals surface area contributed by atoms with Gasteiger partial charge in [0.1, 0.15) is 5.75 Å². The molecule has 0 bridgehead atoms. The van der Waals surface area contributed by atoms with Crippen LogP contribution in [0.2, 0.25) is 0 Å². The molecule has 0 aliphatic carbocycles. The first-order valence-electron chi connectivity index (χ1n) is 6.14. The minimum Gasteiger partial charge on any atom is -0.494 e. The Bertz CT molecular complexity index is 286. The third-order valence-corrected chi connectivity index (χ3v) is 2.88. The Morgan fingerprint density at radius 2 is 1.94 bits per heavy atom. The van der Waals surface area contributed by atoms with Gasteiger partial charge in [-0.3, -0.25) is 0 Å². The quantitative estimate of drug-likeness (QED) is 0.470. The van der Waals surface area contributed by atoms with E-state index < -0.39 is 0 Å². The zero-order chi connectivity index (χ0) is 11.6. The molecule has 0 aromatic heterocycles. The third-order valence-electron chi connectivity index (χ3n) is 2.57. The Hall–Kier alpha value is -0.690. The molecule has 0 radical (unpaired) electrons. The van der Waals surface area contributed by atoms with E-state index in [1.165, 1.54) is 25.7 Å². The first-order valence-corrected chi connectivity index (χ1v) is 6.68. The molecular formula is C14H21ClO. The SMILES string of the molecule is CCCCCCCOc1cccc(CCl)c1. The second-order valence-electron chi connectivity index (χ2n) is 4.04. The maximum absolute atomic E-state index is 5.76. The monoisotopic (exact) mass is 240 g/mol. The van der Waals surface area contributed by atoms with E-state index in [4.69, 9.17) is 16.3 Å². The summed E-state index contributed by atoms with van der Waals surface area (Å²) in [4.78, 5) is 0. The summed E-state index contributed by atoms with van der Waals surface area (Å²) < 4.78 is 5.67. The van der Waals surface area contributed by atoms with Crippen molar-refractivity contribution in [1.29, 1.82) is 0 Å². The minimum atomic E-state index is 0.549. The molecule has 1 nitrogen and oxygen atoms in total. The summed E-state index contributed by atoms with van der Waals surface area (Å²) in [6.07, 6.45) is 6.36. The van der Waals surface area contributed by atoms with Gasteiger partial charge in [0, 0.05) is 5.88 Å². The molecule has 0 saturated carbocycles. The van der Waals surface area contributed by atoms with E-state index >= 15 is 0 Å².